The summed E-state index contributed by atoms with van der Waals surface area (Å²) in [5, 5.41) is 0. The van der Waals surface area contributed by atoms with Crippen molar-refractivity contribution in [2.24, 2.45) is 11.7 Å². The van der Waals surface area contributed by atoms with Crippen LogP contribution in [0.3, 0.4) is 0 Å². The number of ether oxygens (including phenoxy) is 1. The van der Waals surface area contributed by atoms with Gasteiger partial charge in [-0.2, -0.15) is 0 Å². The lowest BCUT2D eigenvalue weighted by atomic mass is 10.1. The Morgan fingerprint density at radius 3 is 2.35 bits per heavy atom. The third kappa shape index (κ3) is 4.57. The highest BCUT2D eigenvalue weighted by molar-refractivity contribution is 5.77. The van der Waals surface area contributed by atoms with Crippen molar-refractivity contribution in [1.29, 1.82) is 0 Å². The third-order valence-corrected chi connectivity index (χ3v) is 2.58. The zero-order valence-corrected chi connectivity index (χ0v) is 10.8. The third-order valence-electron chi connectivity index (χ3n) is 2.58. The molecule has 0 amide bonds. The maximum Gasteiger partial charge on any atom is 0.328 e. The normalized spacial score (nSPS) is 12.5. The molecule has 1 atom stereocenters. The number of esters is 1. The van der Waals surface area contributed by atoms with Crippen molar-refractivity contribution in [2.45, 2.75) is 39.7 Å². The smallest absolute Gasteiger partial charge is 0.328 e. The molecule has 0 spiro atoms. The molecule has 0 radical (unpaired) electrons. The summed E-state index contributed by atoms with van der Waals surface area (Å²) in [4.78, 5) is 11.7. The first kappa shape index (κ1) is 13.7. The predicted octanol–water partition coefficient (Wildman–Crippen LogP) is 2.53. The lowest BCUT2D eigenvalue weighted by molar-refractivity contribution is -0.136. The van der Waals surface area contributed by atoms with Gasteiger partial charge in [-0.1, -0.05) is 32.9 Å². The Kier molecular flexibility index (Phi) is 5.16. The molecule has 0 heterocycles. The molecule has 0 aromatic heterocycles. The first-order valence-electron chi connectivity index (χ1n) is 6.09. The van der Waals surface area contributed by atoms with E-state index in [0.29, 0.717) is 18.1 Å². The summed E-state index contributed by atoms with van der Waals surface area (Å²) < 4.78 is 5.21. The van der Waals surface area contributed by atoms with Crippen molar-refractivity contribution >= 4 is 5.97 Å². The molecule has 1 aromatic rings. The second-order valence-electron chi connectivity index (χ2n) is 4.65. The number of nitrogens with two attached hydrogens (primary N) is 1. The lowest BCUT2D eigenvalue weighted by Gasteiger charge is -2.13. The van der Waals surface area contributed by atoms with Crippen molar-refractivity contribution in [2.75, 3.05) is 0 Å². The lowest BCUT2D eigenvalue weighted by Crippen LogP contribution is -2.35. The maximum atomic E-state index is 11.7. The van der Waals surface area contributed by atoms with Gasteiger partial charge in [-0.15, -0.1) is 0 Å². The van der Waals surface area contributed by atoms with E-state index in [2.05, 4.69) is 6.92 Å². The van der Waals surface area contributed by atoms with E-state index in [1.54, 1.807) is 12.1 Å². The highest BCUT2D eigenvalue weighted by Crippen LogP contribution is 2.14. The minimum Gasteiger partial charge on any atom is -0.425 e. The molecule has 1 unspecified atom stereocenters. The topological polar surface area (TPSA) is 52.3 Å². The Balaban J connectivity index is 2.55. The molecular formula is C14H21NO2. The molecule has 0 saturated carbocycles. The van der Waals surface area contributed by atoms with E-state index in [0.717, 1.165) is 6.42 Å². The number of carbonyl (C=O) groups is 1. The quantitative estimate of drug-likeness (QED) is 0.630. The predicted molar refractivity (Wildman–Crippen MR) is 68.9 cm³/mol. The number of aryl methyl sites for hydroxylation is 1. The molecule has 17 heavy (non-hydrogen) atoms. The summed E-state index contributed by atoms with van der Waals surface area (Å²) in [6.07, 6.45) is 1.62. The molecule has 0 aliphatic rings. The largest absolute Gasteiger partial charge is 0.425 e. The Morgan fingerprint density at radius 1 is 1.29 bits per heavy atom. The molecule has 1 rings (SSSR count). The molecule has 3 heteroatoms. The first-order chi connectivity index (χ1) is 8.02. The van der Waals surface area contributed by atoms with Gasteiger partial charge in [-0.25, -0.2) is 4.79 Å². The summed E-state index contributed by atoms with van der Waals surface area (Å²) in [5.74, 6) is 0.592. The first-order valence-corrected chi connectivity index (χ1v) is 6.09. The van der Waals surface area contributed by atoms with Crippen LogP contribution in [0.15, 0.2) is 24.3 Å². The second-order valence-corrected chi connectivity index (χ2v) is 4.65. The van der Waals surface area contributed by atoms with Crippen LogP contribution in [0.4, 0.5) is 0 Å². The van der Waals surface area contributed by atoms with Crippen LogP contribution in [0.5, 0.6) is 5.75 Å². The van der Waals surface area contributed by atoms with Gasteiger partial charge < -0.3 is 10.5 Å². The molecule has 94 valence electrons. The Hall–Kier alpha value is -1.35. The minimum absolute atomic E-state index is 0.358. The van der Waals surface area contributed by atoms with Crippen LogP contribution in [0.25, 0.3) is 0 Å². The SMILES string of the molecule is CCc1ccc(OC(=O)C(N)CC(C)C)cc1. The van der Waals surface area contributed by atoms with Gasteiger partial charge in [0.2, 0.25) is 0 Å². The maximum absolute atomic E-state index is 11.7. The van der Waals surface area contributed by atoms with Crippen molar-refractivity contribution in [3.05, 3.63) is 29.8 Å². The Labute approximate surface area is 103 Å². The van der Waals surface area contributed by atoms with Crippen LogP contribution in [-0.2, 0) is 11.2 Å². The zero-order valence-electron chi connectivity index (χ0n) is 10.8. The van der Waals surface area contributed by atoms with Crippen LogP contribution in [0.1, 0.15) is 32.8 Å². The van der Waals surface area contributed by atoms with Gasteiger partial charge >= 0.3 is 5.97 Å². The van der Waals surface area contributed by atoms with Crippen LogP contribution in [0, 0.1) is 5.92 Å². The summed E-state index contributed by atoms with van der Waals surface area (Å²) in [6, 6.07) is 6.98. The van der Waals surface area contributed by atoms with Gasteiger partial charge in [0, 0.05) is 0 Å². The van der Waals surface area contributed by atoms with E-state index >= 15 is 0 Å². The summed E-state index contributed by atoms with van der Waals surface area (Å²) in [7, 11) is 0. The standard InChI is InChI=1S/C14H21NO2/c1-4-11-5-7-12(8-6-11)17-14(16)13(15)9-10(2)3/h5-8,10,13H,4,9,15H2,1-3H3. The molecule has 0 saturated heterocycles. The summed E-state index contributed by atoms with van der Waals surface area (Å²) >= 11 is 0. The molecular weight excluding hydrogens is 214 g/mol. The Morgan fingerprint density at radius 2 is 1.88 bits per heavy atom. The molecule has 1 aromatic carbocycles. The van der Waals surface area contributed by atoms with Gasteiger partial charge in [-0.05, 0) is 36.5 Å². The molecule has 3 nitrogen and oxygen atoms in total. The van der Waals surface area contributed by atoms with Crippen LogP contribution in [0.2, 0.25) is 0 Å². The average molecular weight is 235 g/mol. The number of carbonyl (C=O) groups excluding carboxylic acids is 1. The van der Waals surface area contributed by atoms with Crippen LogP contribution < -0.4 is 10.5 Å². The van der Waals surface area contributed by atoms with E-state index < -0.39 is 6.04 Å². The van der Waals surface area contributed by atoms with Crippen LogP contribution in [-0.4, -0.2) is 12.0 Å². The van der Waals surface area contributed by atoms with E-state index in [9.17, 15) is 4.79 Å². The van der Waals surface area contributed by atoms with Crippen molar-refractivity contribution in [3.63, 3.8) is 0 Å². The fourth-order valence-corrected chi connectivity index (χ4v) is 1.59. The van der Waals surface area contributed by atoms with E-state index in [1.165, 1.54) is 5.56 Å². The van der Waals surface area contributed by atoms with Crippen LogP contribution >= 0.6 is 0 Å². The van der Waals surface area contributed by atoms with Gasteiger partial charge in [-0.3, -0.25) is 0 Å². The van der Waals surface area contributed by atoms with Gasteiger partial charge in [0.1, 0.15) is 11.8 Å². The van der Waals surface area contributed by atoms with Crippen molar-refractivity contribution in [1.82, 2.24) is 0 Å². The average Bonchev–Trinajstić information content (AvgIpc) is 2.29. The van der Waals surface area contributed by atoms with E-state index in [4.69, 9.17) is 10.5 Å². The molecule has 0 bridgehead atoms. The minimum atomic E-state index is -0.541. The summed E-state index contributed by atoms with van der Waals surface area (Å²) in [5.41, 5.74) is 6.97. The Bertz CT molecular complexity index is 357. The zero-order chi connectivity index (χ0) is 12.8. The molecule has 2 N–H and O–H groups in total. The fourth-order valence-electron chi connectivity index (χ4n) is 1.59. The number of hydrogen-bond acceptors (Lipinski definition) is 3. The molecule has 0 aliphatic heterocycles. The van der Waals surface area contributed by atoms with Gasteiger partial charge in [0.25, 0.3) is 0 Å². The van der Waals surface area contributed by atoms with E-state index in [-0.39, 0.29) is 5.97 Å². The highest BCUT2D eigenvalue weighted by atomic mass is 16.5. The number of benzene rings is 1. The summed E-state index contributed by atoms with van der Waals surface area (Å²) in [6.45, 7) is 6.14. The number of hydrogen-bond donors (Lipinski definition) is 1. The van der Waals surface area contributed by atoms with Crippen molar-refractivity contribution in [3.8, 4) is 5.75 Å². The van der Waals surface area contributed by atoms with E-state index in [1.807, 2.05) is 26.0 Å². The van der Waals surface area contributed by atoms with Crippen molar-refractivity contribution < 1.29 is 9.53 Å². The monoisotopic (exact) mass is 235 g/mol. The number of rotatable bonds is 5. The molecule has 0 aliphatic carbocycles. The molecule has 0 fully saturated rings. The fraction of sp³-hybridized carbons (Fsp3) is 0.500. The highest BCUT2D eigenvalue weighted by Gasteiger charge is 2.17. The van der Waals surface area contributed by atoms with Gasteiger partial charge in [0.15, 0.2) is 0 Å². The second kappa shape index (κ2) is 6.40. The van der Waals surface area contributed by atoms with Gasteiger partial charge in [0.05, 0.1) is 0 Å².